The molecular weight excluding hydrogens is 240 g/mol. The maximum Gasteiger partial charge on any atom is 0.199 e. The van der Waals surface area contributed by atoms with Gasteiger partial charge in [0.2, 0.25) is 0 Å². The van der Waals surface area contributed by atoms with Crippen LogP contribution in [0.5, 0.6) is 0 Å². The second-order valence-corrected chi connectivity index (χ2v) is 4.71. The largest absolute Gasteiger partial charge is 0.458 e. The van der Waals surface area contributed by atoms with Gasteiger partial charge in [-0.1, -0.05) is 12.2 Å². The minimum atomic E-state index is 0.714. The highest BCUT2D eigenvalue weighted by Gasteiger charge is 2.20. The van der Waals surface area contributed by atoms with Crippen LogP contribution >= 0.6 is 0 Å². The smallest absolute Gasteiger partial charge is 0.199 e. The van der Waals surface area contributed by atoms with E-state index in [1.807, 2.05) is 26.0 Å². The maximum absolute atomic E-state index is 5.68. The molecule has 1 aliphatic carbocycles. The zero-order chi connectivity index (χ0) is 13.0. The quantitative estimate of drug-likeness (QED) is 0.668. The first-order valence-electron chi connectivity index (χ1n) is 6.22. The molecule has 5 heteroatoms. The lowest BCUT2D eigenvalue weighted by atomic mass is 10.2. The van der Waals surface area contributed by atoms with Gasteiger partial charge in [0.15, 0.2) is 17.2 Å². The van der Waals surface area contributed by atoms with Crippen molar-refractivity contribution in [2.24, 2.45) is 0 Å². The lowest BCUT2D eigenvalue weighted by Gasteiger charge is -2.05. The van der Waals surface area contributed by atoms with E-state index in [-0.39, 0.29) is 0 Å². The van der Waals surface area contributed by atoms with E-state index in [9.17, 15) is 0 Å². The van der Waals surface area contributed by atoms with Crippen LogP contribution in [0, 0.1) is 13.8 Å². The fourth-order valence-electron chi connectivity index (χ4n) is 2.43. The number of hydrogen-bond acceptors (Lipinski definition) is 4. The first kappa shape index (κ1) is 10.5. The van der Waals surface area contributed by atoms with Crippen LogP contribution < -0.4 is 0 Å². The Morgan fingerprint density at radius 2 is 2.11 bits per heavy atom. The van der Waals surface area contributed by atoms with Gasteiger partial charge < -0.3 is 4.42 Å². The van der Waals surface area contributed by atoms with Crippen LogP contribution in [0.4, 0.5) is 0 Å². The molecule has 5 nitrogen and oxygen atoms in total. The van der Waals surface area contributed by atoms with Crippen LogP contribution in [0.2, 0.25) is 0 Å². The molecular formula is C14H12N4O. The minimum Gasteiger partial charge on any atom is -0.458 e. The molecule has 19 heavy (non-hydrogen) atoms. The predicted octanol–water partition coefficient (Wildman–Crippen LogP) is 2.57. The van der Waals surface area contributed by atoms with Gasteiger partial charge in [-0.25, -0.2) is 9.97 Å². The molecule has 0 atom stereocenters. The first-order valence-corrected chi connectivity index (χ1v) is 6.22. The fraction of sp³-hybridized carbons (Fsp3) is 0.214. The molecule has 1 aliphatic rings. The Morgan fingerprint density at radius 1 is 1.21 bits per heavy atom. The number of allylic oxidation sites excluding steroid dienone is 1. The molecule has 94 valence electrons. The highest BCUT2D eigenvalue weighted by atomic mass is 16.3. The lowest BCUT2D eigenvalue weighted by molar-refractivity contribution is 0.541. The van der Waals surface area contributed by atoms with Crippen LogP contribution in [0.1, 0.15) is 22.8 Å². The SMILES string of the molecule is Cc1nc2c3c(nc(-c4ccc(C)o4)n2n1)CC=C3. The Labute approximate surface area is 109 Å². The summed E-state index contributed by atoms with van der Waals surface area (Å²) in [5, 5.41) is 4.43. The molecule has 3 aromatic rings. The van der Waals surface area contributed by atoms with Crippen molar-refractivity contribution in [2.75, 3.05) is 0 Å². The van der Waals surface area contributed by atoms with E-state index in [4.69, 9.17) is 4.42 Å². The Bertz CT molecular complexity index is 825. The molecule has 3 aromatic heterocycles. The van der Waals surface area contributed by atoms with Gasteiger partial charge >= 0.3 is 0 Å². The van der Waals surface area contributed by atoms with Gasteiger partial charge in [-0.2, -0.15) is 4.52 Å². The van der Waals surface area contributed by atoms with E-state index in [0.717, 1.165) is 40.7 Å². The van der Waals surface area contributed by atoms with E-state index in [1.54, 1.807) is 4.52 Å². The van der Waals surface area contributed by atoms with Crippen molar-refractivity contribution in [3.8, 4) is 11.6 Å². The van der Waals surface area contributed by atoms with Gasteiger partial charge in [-0.3, -0.25) is 0 Å². The van der Waals surface area contributed by atoms with E-state index in [2.05, 4.69) is 27.2 Å². The average molecular weight is 252 g/mol. The standard InChI is InChI=1S/C14H12N4O/c1-8-6-7-12(19-8)14-16-11-5-3-4-10(11)13-15-9(2)17-18(13)14/h3-4,6-7H,5H2,1-2H3. The summed E-state index contributed by atoms with van der Waals surface area (Å²) in [5.41, 5.74) is 2.94. The summed E-state index contributed by atoms with van der Waals surface area (Å²) in [6, 6.07) is 3.85. The number of nitrogens with zero attached hydrogens (tertiary/aromatic N) is 4. The summed E-state index contributed by atoms with van der Waals surface area (Å²) in [5.74, 6) is 3.04. The Kier molecular flexibility index (Phi) is 1.95. The van der Waals surface area contributed by atoms with Crippen LogP contribution in [-0.2, 0) is 6.42 Å². The third kappa shape index (κ3) is 1.44. The highest BCUT2D eigenvalue weighted by molar-refractivity contribution is 5.73. The number of fused-ring (bicyclic) bond motifs is 3. The van der Waals surface area contributed by atoms with Crippen LogP contribution in [0.25, 0.3) is 23.3 Å². The van der Waals surface area contributed by atoms with Gasteiger partial charge in [-0.05, 0) is 26.0 Å². The van der Waals surface area contributed by atoms with E-state index in [0.29, 0.717) is 5.82 Å². The van der Waals surface area contributed by atoms with Gasteiger partial charge in [0.25, 0.3) is 0 Å². The van der Waals surface area contributed by atoms with Crippen molar-refractivity contribution in [2.45, 2.75) is 20.3 Å². The van der Waals surface area contributed by atoms with Crippen LogP contribution in [-0.4, -0.2) is 19.6 Å². The van der Waals surface area contributed by atoms with Crippen molar-refractivity contribution >= 4 is 11.7 Å². The topological polar surface area (TPSA) is 56.2 Å². The molecule has 0 unspecified atom stereocenters. The first-order chi connectivity index (χ1) is 9.22. The molecule has 0 amide bonds. The van der Waals surface area contributed by atoms with Gasteiger partial charge in [0, 0.05) is 12.0 Å². The molecule has 0 saturated heterocycles. The molecule has 0 aromatic carbocycles. The van der Waals surface area contributed by atoms with Crippen molar-refractivity contribution in [3.05, 3.63) is 41.1 Å². The summed E-state index contributed by atoms with van der Waals surface area (Å²) in [6.07, 6.45) is 4.99. The van der Waals surface area contributed by atoms with E-state index < -0.39 is 0 Å². The van der Waals surface area contributed by atoms with Gasteiger partial charge in [-0.15, -0.1) is 5.10 Å². The summed E-state index contributed by atoms with van der Waals surface area (Å²) in [7, 11) is 0. The van der Waals surface area contributed by atoms with E-state index in [1.165, 1.54) is 0 Å². The summed E-state index contributed by atoms with van der Waals surface area (Å²) >= 11 is 0. The number of rotatable bonds is 1. The van der Waals surface area contributed by atoms with Gasteiger partial charge in [0.1, 0.15) is 11.6 Å². The molecule has 3 heterocycles. The highest BCUT2D eigenvalue weighted by Crippen LogP contribution is 2.27. The summed E-state index contributed by atoms with van der Waals surface area (Å²) < 4.78 is 7.44. The van der Waals surface area contributed by atoms with Crippen molar-refractivity contribution in [1.82, 2.24) is 19.6 Å². The monoisotopic (exact) mass is 252 g/mol. The number of furan rings is 1. The Balaban J connectivity index is 2.09. The average Bonchev–Trinajstić information content (AvgIpc) is 3.05. The molecule has 0 bridgehead atoms. The molecule has 0 saturated carbocycles. The fourth-order valence-corrected chi connectivity index (χ4v) is 2.43. The van der Waals surface area contributed by atoms with Crippen LogP contribution in [0.15, 0.2) is 22.6 Å². The van der Waals surface area contributed by atoms with Crippen molar-refractivity contribution in [3.63, 3.8) is 0 Å². The van der Waals surface area contributed by atoms with Crippen molar-refractivity contribution in [1.29, 1.82) is 0 Å². The predicted molar refractivity (Wildman–Crippen MR) is 70.7 cm³/mol. The molecule has 0 spiro atoms. The zero-order valence-electron chi connectivity index (χ0n) is 10.7. The maximum atomic E-state index is 5.68. The molecule has 0 radical (unpaired) electrons. The number of aromatic nitrogens is 4. The van der Waals surface area contributed by atoms with Crippen molar-refractivity contribution < 1.29 is 4.42 Å². The summed E-state index contributed by atoms with van der Waals surface area (Å²) in [6.45, 7) is 3.80. The Morgan fingerprint density at radius 3 is 2.89 bits per heavy atom. The second kappa shape index (κ2) is 3.54. The Hall–Kier alpha value is -2.43. The third-order valence-corrected chi connectivity index (χ3v) is 3.26. The third-order valence-electron chi connectivity index (χ3n) is 3.26. The van der Waals surface area contributed by atoms with E-state index >= 15 is 0 Å². The van der Waals surface area contributed by atoms with Crippen LogP contribution in [0.3, 0.4) is 0 Å². The van der Waals surface area contributed by atoms with Gasteiger partial charge in [0.05, 0.1) is 5.69 Å². The second-order valence-electron chi connectivity index (χ2n) is 4.71. The molecule has 0 N–H and O–H groups in total. The number of aryl methyl sites for hydroxylation is 2. The summed E-state index contributed by atoms with van der Waals surface area (Å²) in [4.78, 5) is 9.18. The lowest BCUT2D eigenvalue weighted by Crippen LogP contribution is -2.02. The minimum absolute atomic E-state index is 0.714. The zero-order valence-corrected chi connectivity index (χ0v) is 10.7. The number of hydrogen-bond donors (Lipinski definition) is 0. The molecule has 0 aliphatic heterocycles. The molecule has 0 fully saturated rings. The molecule has 4 rings (SSSR count). The normalized spacial score (nSPS) is 13.4.